The summed E-state index contributed by atoms with van der Waals surface area (Å²) in [5.74, 6) is 0.928. The van der Waals surface area contributed by atoms with E-state index in [9.17, 15) is 9.59 Å². The second-order valence-electron chi connectivity index (χ2n) is 6.55. The first-order chi connectivity index (χ1) is 13.5. The first-order valence-electron chi connectivity index (χ1n) is 9.20. The molecule has 0 amide bonds. The molecule has 0 radical (unpaired) electrons. The van der Waals surface area contributed by atoms with E-state index in [0.29, 0.717) is 24.9 Å². The molecule has 9 nitrogen and oxygen atoms in total. The molecule has 0 aliphatic carbocycles. The molecule has 0 unspecified atom stereocenters. The summed E-state index contributed by atoms with van der Waals surface area (Å²) in [6, 6.07) is 9.65. The summed E-state index contributed by atoms with van der Waals surface area (Å²) < 4.78 is 6.89. The van der Waals surface area contributed by atoms with Gasteiger partial charge in [-0.15, -0.1) is 10.2 Å². The van der Waals surface area contributed by atoms with Gasteiger partial charge in [-0.2, -0.15) is 0 Å². The van der Waals surface area contributed by atoms with Gasteiger partial charge in [-0.05, 0) is 12.0 Å². The van der Waals surface area contributed by atoms with E-state index in [2.05, 4.69) is 15.2 Å². The maximum atomic E-state index is 12.7. The molecule has 2 heterocycles. The van der Waals surface area contributed by atoms with Gasteiger partial charge in [0, 0.05) is 20.0 Å². The quantitative estimate of drug-likeness (QED) is 0.607. The number of nitrogens with zero attached hydrogens (tertiary/aromatic N) is 4. The molecule has 0 bridgehead atoms. The molecule has 3 aromatic rings. The third-order valence-corrected chi connectivity index (χ3v) is 4.38. The summed E-state index contributed by atoms with van der Waals surface area (Å²) in [6.45, 7) is 4.73. The maximum Gasteiger partial charge on any atom is 0.330 e. The Bertz CT molecular complexity index is 1040. The van der Waals surface area contributed by atoms with E-state index in [4.69, 9.17) is 10.2 Å². The van der Waals surface area contributed by atoms with Crippen LogP contribution in [0.25, 0.3) is 0 Å². The van der Waals surface area contributed by atoms with Crippen molar-refractivity contribution in [3.8, 4) is 0 Å². The highest BCUT2D eigenvalue weighted by atomic mass is 16.4. The Morgan fingerprint density at radius 3 is 2.57 bits per heavy atom. The van der Waals surface area contributed by atoms with E-state index in [1.807, 2.05) is 37.3 Å². The number of nitrogen functional groups attached to an aromatic ring is 1. The lowest BCUT2D eigenvalue weighted by Gasteiger charge is -2.25. The van der Waals surface area contributed by atoms with Crippen LogP contribution in [-0.4, -0.2) is 19.7 Å². The topological polar surface area (TPSA) is 123 Å². The Hall–Kier alpha value is -3.36. The number of anilines is 2. The molecule has 3 rings (SSSR count). The molecule has 3 N–H and O–H groups in total. The van der Waals surface area contributed by atoms with Gasteiger partial charge in [0.15, 0.2) is 0 Å². The number of aryl methyl sites for hydroxylation is 1. The number of rotatable bonds is 8. The SMILES string of the molecule is CCCCn1c(N)c(N(Cc2ccccc2)Cc2nnc(C)o2)c(=O)[nH]c1=O. The van der Waals surface area contributed by atoms with Gasteiger partial charge in [0.1, 0.15) is 11.5 Å². The van der Waals surface area contributed by atoms with E-state index in [0.717, 1.165) is 18.4 Å². The van der Waals surface area contributed by atoms with E-state index < -0.39 is 11.2 Å². The summed E-state index contributed by atoms with van der Waals surface area (Å²) in [4.78, 5) is 29.0. The lowest BCUT2D eigenvalue weighted by molar-refractivity contribution is 0.461. The van der Waals surface area contributed by atoms with E-state index in [1.54, 1.807) is 11.8 Å². The molecule has 0 aliphatic heterocycles. The van der Waals surface area contributed by atoms with Gasteiger partial charge in [0.05, 0.1) is 6.54 Å². The summed E-state index contributed by atoms with van der Waals surface area (Å²) >= 11 is 0. The average molecular weight is 384 g/mol. The van der Waals surface area contributed by atoms with Gasteiger partial charge in [-0.3, -0.25) is 14.3 Å². The number of hydrogen-bond donors (Lipinski definition) is 2. The van der Waals surface area contributed by atoms with Crippen LogP contribution >= 0.6 is 0 Å². The van der Waals surface area contributed by atoms with Gasteiger partial charge in [-0.25, -0.2) is 4.79 Å². The standard InChI is InChI=1S/C19H24N6O3/c1-3-4-10-25-17(20)16(18(26)21-19(25)27)24(11-14-8-6-5-7-9-14)12-15-23-22-13(2)28-15/h5-9H,3-4,10-12,20H2,1-2H3,(H,21,26,27). The molecule has 0 aliphatic rings. The predicted molar refractivity (Wildman–Crippen MR) is 106 cm³/mol. The Balaban J connectivity index is 2.05. The highest BCUT2D eigenvalue weighted by molar-refractivity contribution is 5.62. The van der Waals surface area contributed by atoms with E-state index in [1.165, 1.54) is 4.57 Å². The smallest absolute Gasteiger partial charge is 0.330 e. The normalized spacial score (nSPS) is 10.9. The summed E-state index contributed by atoms with van der Waals surface area (Å²) in [5, 5.41) is 7.86. The second kappa shape index (κ2) is 8.55. The van der Waals surface area contributed by atoms with Crippen molar-refractivity contribution >= 4 is 11.5 Å². The number of aromatic amines is 1. The van der Waals surface area contributed by atoms with Crippen LogP contribution in [0.15, 0.2) is 44.3 Å². The van der Waals surface area contributed by atoms with Crippen molar-refractivity contribution in [3.05, 3.63) is 68.5 Å². The largest absolute Gasteiger partial charge is 0.424 e. The molecular weight excluding hydrogens is 360 g/mol. The van der Waals surface area contributed by atoms with Crippen molar-refractivity contribution in [1.29, 1.82) is 0 Å². The van der Waals surface area contributed by atoms with Crippen molar-refractivity contribution in [3.63, 3.8) is 0 Å². The van der Waals surface area contributed by atoms with E-state index in [-0.39, 0.29) is 18.1 Å². The molecule has 0 atom stereocenters. The zero-order valence-corrected chi connectivity index (χ0v) is 16.0. The van der Waals surface area contributed by atoms with Gasteiger partial charge in [-0.1, -0.05) is 43.7 Å². The van der Waals surface area contributed by atoms with Gasteiger partial charge >= 0.3 is 5.69 Å². The molecule has 0 saturated carbocycles. The zero-order valence-electron chi connectivity index (χ0n) is 16.0. The van der Waals surface area contributed by atoms with Gasteiger partial charge < -0.3 is 15.1 Å². The van der Waals surface area contributed by atoms with Crippen molar-refractivity contribution in [1.82, 2.24) is 19.7 Å². The number of H-pyrrole nitrogens is 1. The fourth-order valence-electron chi connectivity index (χ4n) is 3.00. The molecule has 28 heavy (non-hydrogen) atoms. The van der Waals surface area contributed by atoms with Crippen molar-refractivity contribution in [2.24, 2.45) is 0 Å². The first-order valence-corrected chi connectivity index (χ1v) is 9.20. The van der Waals surface area contributed by atoms with Crippen LogP contribution in [0, 0.1) is 6.92 Å². The minimum absolute atomic E-state index is 0.134. The summed E-state index contributed by atoms with van der Waals surface area (Å²) in [7, 11) is 0. The number of nitrogens with two attached hydrogens (primary N) is 1. The Morgan fingerprint density at radius 2 is 1.93 bits per heavy atom. The minimum atomic E-state index is -0.539. The molecule has 0 fully saturated rings. The molecule has 2 aromatic heterocycles. The summed E-state index contributed by atoms with van der Waals surface area (Å²) in [5.41, 5.74) is 6.42. The van der Waals surface area contributed by atoms with Crippen LogP contribution in [-0.2, 0) is 19.6 Å². The lowest BCUT2D eigenvalue weighted by Crippen LogP contribution is -2.38. The van der Waals surface area contributed by atoms with Gasteiger partial charge in [0.2, 0.25) is 11.8 Å². The van der Waals surface area contributed by atoms with Crippen LogP contribution in [0.2, 0.25) is 0 Å². The van der Waals surface area contributed by atoms with Crippen molar-refractivity contribution < 1.29 is 4.42 Å². The first kappa shape index (κ1) is 19.4. The highest BCUT2D eigenvalue weighted by Crippen LogP contribution is 2.22. The number of nitrogens with one attached hydrogen (secondary N) is 1. The van der Waals surface area contributed by atoms with Crippen molar-refractivity contribution in [2.75, 3.05) is 10.6 Å². The fourth-order valence-corrected chi connectivity index (χ4v) is 3.00. The van der Waals surface area contributed by atoms with E-state index >= 15 is 0 Å². The average Bonchev–Trinajstić information content (AvgIpc) is 3.07. The van der Waals surface area contributed by atoms with Crippen LogP contribution < -0.4 is 21.9 Å². The molecule has 148 valence electrons. The molecular formula is C19H24N6O3. The third-order valence-electron chi connectivity index (χ3n) is 4.38. The second-order valence-corrected chi connectivity index (χ2v) is 6.55. The number of aromatic nitrogens is 4. The Morgan fingerprint density at radius 1 is 1.18 bits per heavy atom. The fraction of sp³-hybridized carbons (Fsp3) is 0.368. The number of benzene rings is 1. The van der Waals surface area contributed by atoms with Crippen LogP contribution in [0.1, 0.15) is 37.1 Å². The Labute approximate surface area is 161 Å². The molecule has 0 spiro atoms. The number of hydrogen-bond acceptors (Lipinski definition) is 7. The minimum Gasteiger partial charge on any atom is -0.424 e. The van der Waals surface area contributed by atoms with Gasteiger partial charge in [0.25, 0.3) is 5.56 Å². The van der Waals surface area contributed by atoms with Crippen LogP contribution in [0.3, 0.4) is 0 Å². The monoisotopic (exact) mass is 384 g/mol. The highest BCUT2D eigenvalue weighted by Gasteiger charge is 2.21. The summed E-state index contributed by atoms with van der Waals surface area (Å²) in [6.07, 6.45) is 1.67. The zero-order chi connectivity index (χ0) is 20.1. The lowest BCUT2D eigenvalue weighted by atomic mass is 10.2. The molecule has 1 aromatic carbocycles. The molecule has 9 heteroatoms. The third kappa shape index (κ3) is 4.30. The molecule has 0 saturated heterocycles. The van der Waals surface area contributed by atoms with Crippen molar-refractivity contribution in [2.45, 2.75) is 46.3 Å². The number of unbranched alkanes of at least 4 members (excludes halogenated alkanes) is 1. The Kier molecular flexibility index (Phi) is 5.93. The van der Waals surface area contributed by atoms with Crippen LogP contribution in [0.4, 0.5) is 11.5 Å². The van der Waals surface area contributed by atoms with Crippen LogP contribution in [0.5, 0.6) is 0 Å². The predicted octanol–water partition coefficient (Wildman–Crippen LogP) is 1.82. The maximum absolute atomic E-state index is 12.7.